The number of halogens is 3. The van der Waals surface area contributed by atoms with Gasteiger partial charge in [-0.15, -0.1) is 5.10 Å². The van der Waals surface area contributed by atoms with Crippen molar-refractivity contribution in [3.63, 3.8) is 0 Å². The number of aromatic nitrogens is 5. The molecule has 0 unspecified atom stereocenters. The summed E-state index contributed by atoms with van der Waals surface area (Å²) in [7, 11) is 0. The lowest BCUT2D eigenvalue weighted by Gasteiger charge is -2.31. The van der Waals surface area contributed by atoms with Crippen LogP contribution in [0.3, 0.4) is 0 Å². The molecule has 3 aromatic heterocycles. The molecule has 12 heteroatoms. The highest BCUT2D eigenvalue weighted by molar-refractivity contribution is 7.08. The molecule has 31 heavy (non-hydrogen) atoms. The molecule has 3 aromatic rings. The lowest BCUT2D eigenvalue weighted by Crippen LogP contribution is -2.34. The lowest BCUT2D eigenvalue weighted by molar-refractivity contribution is -0.192. The predicted molar refractivity (Wildman–Crippen MR) is 108 cm³/mol. The van der Waals surface area contributed by atoms with Crippen LogP contribution in [0.15, 0.2) is 35.4 Å². The van der Waals surface area contributed by atoms with Gasteiger partial charge in [-0.3, -0.25) is 9.58 Å². The summed E-state index contributed by atoms with van der Waals surface area (Å²) in [4.78, 5) is 11.4. The van der Waals surface area contributed by atoms with E-state index in [1.807, 2.05) is 10.9 Å². The van der Waals surface area contributed by atoms with Gasteiger partial charge >= 0.3 is 12.1 Å². The molecule has 0 aromatic carbocycles. The number of carboxylic acid groups (broad SMARTS) is 1. The maximum Gasteiger partial charge on any atom is 0.490 e. The fourth-order valence-corrected chi connectivity index (χ4v) is 3.91. The van der Waals surface area contributed by atoms with Crippen LogP contribution >= 0.6 is 11.3 Å². The Kier molecular flexibility index (Phi) is 7.44. The van der Waals surface area contributed by atoms with Gasteiger partial charge in [0.05, 0.1) is 18.4 Å². The predicted octanol–water partition coefficient (Wildman–Crippen LogP) is 3.69. The average Bonchev–Trinajstić information content (AvgIpc) is 3.49. The molecule has 1 aliphatic heterocycles. The zero-order valence-electron chi connectivity index (χ0n) is 16.9. The number of carboxylic acids is 1. The van der Waals surface area contributed by atoms with Crippen molar-refractivity contribution in [2.45, 2.75) is 45.1 Å². The Morgan fingerprint density at radius 3 is 2.55 bits per heavy atom. The van der Waals surface area contributed by atoms with Gasteiger partial charge in [-0.2, -0.15) is 29.6 Å². The van der Waals surface area contributed by atoms with Crippen molar-refractivity contribution in [1.82, 2.24) is 29.7 Å². The molecule has 1 aliphatic rings. The normalized spacial score (nSPS) is 15.5. The third-order valence-corrected chi connectivity index (χ3v) is 5.60. The van der Waals surface area contributed by atoms with Gasteiger partial charge in [-0.25, -0.2) is 9.48 Å². The van der Waals surface area contributed by atoms with Crippen molar-refractivity contribution < 1.29 is 23.1 Å². The fraction of sp³-hybridized carbons (Fsp3) is 0.474. The zero-order valence-corrected chi connectivity index (χ0v) is 17.7. The van der Waals surface area contributed by atoms with E-state index in [0.29, 0.717) is 6.04 Å². The Morgan fingerprint density at radius 1 is 1.29 bits per heavy atom. The summed E-state index contributed by atoms with van der Waals surface area (Å²) in [6.07, 6.45) is 3.38. The van der Waals surface area contributed by atoms with Crippen molar-refractivity contribution in [1.29, 1.82) is 0 Å². The first-order chi connectivity index (χ1) is 14.8. The van der Waals surface area contributed by atoms with Gasteiger partial charge in [0, 0.05) is 48.9 Å². The third-order valence-electron chi connectivity index (χ3n) is 4.92. The highest BCUT2D eigenvalue weighted by Gasteiger charge is 2.38. The largest absolute Gasteiger partial charge is 0.490 e. The quantitative estimate of drug-likeness (QED) is 0.630. The number of piperidine rings is 1. The summed E-state index contributed by atoms with van der Waals surface area (Å²) >= 11 is 1.69. The number of aryl methyl sites for hydroxylation is 1. The minimum Gasteiger partial charge on any atom is -0.475 e. The second-order valence-corrected chi connectivity index (χ2v) is 7.89. The third kappa shape index (κ3) is 6.37. The van der Waals surface area contributed by atoms with E-state index in [2.05, 4.69) is 61.1 Å². The van der Waals surface area contributed by atoms with E-state index in [0.717, 1.165) is 50.3 Å². The zero-order chi connectivity index (χ0) is 22.4. The second kappa shape index (κ2) is 10.1. The van der Waals surface area contributed by atoms with Crippen molar-refractivity contribution in [3.8, 4) is 11.3 Å². The molecule has 0 atom stereocenters. The van der Waals surface area contributed by atoms with E-state index < -0.39 is 12.1 Å². The van der Waals surface area contributed by atoms with Crippen LogP contribution in [0.4, 0.5) is 13.2 Å². The molecule has 4 heterocycles. The molecule has 0 bridgehead atoms. The summed E-state index contributed by atoms with van der Waals surface area (Å²) < 4.78 is 35.8. The van der Waals surface area contributed by atoms with Crippen LogP contribution in [0.1, 0.15) is 31.4 Å². The number of alkyl halides is 3. The van der Waals surface area contributed by atoms with Crippen LogP contribution in [0, 0.1) is 0 Å². The molecule has 0 radical (unpaired) electrons. The number of thiophene rings is 1. The van der Waals surface area contributed by atoms with Crippen LogP contribution in [-0.4, -0.2) is 60.0 Å². The molecule has 1 N–H and O–H groups in total. The summed E-state index contributed by atoms with van der Waals surface area (Å²) in [5.74, 6) is -2.76. The molecule has 8 nitrogen and oxygen atoms in total. The Labute approximate surface area is 180 Å². The number of aliphatic carboxylic acids is 1. The molecule has 0 saturated carbocycles. The van der Waals surface area contributed by atoms with E-state index in [1.54, 1.807) is 11.3 Å². The summed E-state index contributed by atoms with van der Waals surface area (Å²) in [5, 5.41) is 24.4. The van der Waals surface area contributed by atoms with Crippen LogP contribution < -0.4 is 0 Å². The number of carbonyl (C=O) groups is 1. The van der Waals surface area contributed by atoms with Gasteiger partial charge in [0.1, 0.15) is 5.69 Å². The minimum atomic E-state index is -5.08. The number of hydrogen-bond donors (Lipinski definition) is 1. The Morgan fingerprint density at radius 2 is 2.00 bits per heavy atom. The molecule has 0 spiro atoms. The van der Waals surface area contributed by atoms with Crippen LogP contribution in [0.2, 0.25) is 0 Å². The molecule has 0 amide bonds. The first-order valence-corrected chi connectivity index (χ1v) is 10.7. The Balaban J connectivity index is 0.000000339. The van der Waals surface area contributed by atoms with Gasteiger partial charge in [0.25, 0.3) is 0 Å². The van der Waals surface area contributed by atoms with Crippen molar-refractivity contribution in [2.75, 3.05) is 13.1 Å². The summed E-state index contributed by atoms with van der Waals surface area (Å²) in [6, 6.07) is 2.55. The molecular formula is C19H23F3N6O2S. The fourth-order valence-electron chi connectivity index (χ4n) is 3.26. The molecule has 168 valence electrons. The maximum absolute atomic E-state index is 10.6. The van der Waals surface area contributed by atoms with E-state index in [-0.39, 0.29) is 0 Å². The van der Waals surface area contributed by atoms with Crippen LogP contribution in [0.25, 0.3) is 11.3 Å². The number of nitrogens with zero attached hydrogens (tertiary/aromatic N) is 6. The van der Waals surface area contributed by atoms with E-state index in [1.165, 1.54) is 5.56 Å². The maximum atomic E-state index is 10.6. The standard InChI is InChI=1S/C17H22N6S.C2HF3O2/c1-2-22-11-14(9-18-22)10-21-6-3-16(4-7-21)23-12-17(19-20-23)15-5-8-24-13-15;3-2(4,5)1(6)7/h5,8-9,11-13,16H,2-4,6-7,10H2,1H3;(H,6,7). The number of hydrogen-bond acceptors (Lipinski definition) is 6. The average molecular weight is 456 g/mol. The highest BCUT2D eigenvalue weighted by Crippen LogP contribution is 2.25. The first kappa shape index (κ1) is 22.9. The van der Waals surface area contributed by atoms with Gasteiger partial charge in [0.15, 0.2) is 0 Å². The van der Waals surface area contributed by atoms with Gasteiger partial charge in [-0.05, 0) is 31.2 Å². The first-order valence-electron chi connectivity index (χ1n) is 9.74. The molecule has 1 fully saturated rings. The topological polar surface area (TPSA) is 89.1 Å². The lowest BCUT2D eigenvalue weighted by atomic mass is 10.0. The van der Waals surface area contributed by atoms with E-state index >= 15 is 0 Å². The summed E-state index contributed by atoms with van der Waals surface area (Å²) in [6.45, 7) is 6.22. The monoisotopic (exact) mass is 456 g/mol. The van der Waals surface area contributed by atoms with Crippen molar-refractivity contribution >= 4 is 17.3 Å². The van der Waals surface area contributed by atoms with E-state index in [9.17, 15) is 13.2 Å². The molecular weight excluding hydrogens is 433 g/mol. The highest BCUT2D eigenvalue weighted by atomic mass is 32.1. The SMILES string of the molecule is CCn1cc(CN2CCC(n3cc(-c4ccsc4)nn3)CC2)cn1.O=C(O)C(F)(F)F. The van der Waals surface area contributed by atoms with Gasteiger partial charge in [-0.1, -0.05) is 5.21 Å². The van der Waals surface area contributed by atoms with Crippen molar-refractivity contribution in [2.24, 2.45) is 0 Å². The van der Waals surface area contributed by atoms with Gasteiger partial charge < -0.3 is 5.11 Å². The Bertz CT molecular complexity index is 962. The molecule has 4 rings (SSSR count). The molecule has 0 aliphatic carbocycles. The smallest absolute Gasteiger partial charge is 0.475 e. The van der Waals surface area contributed by atoms with Gasteiger partial charge in [0.2, 0.25) is 0 Å². The van der Waals surface area contributed by atoms with Crippen molar-refractivity contribution in [3.05, 3.63) is 41.0 Å². The second-order valence-electron chi connectivity index (χ2n) is 7.11. The van der Waals surface area contributed by atoms with Crippen LogP contribution in [-0.2, 0) is 17.9 Å². The number of rotatable bonds is 5. The van der Waals surface area contributed by atoms with E-state index in [4.69, 9.17) is 9.90 Å². The number of likely N-dealkylation sites (tertiary alicyclic amines) is 1. The minimum absolute atomic E-state index is 0.458. The Hall–Kier alpha value is -2.73. The van der Waals surface area contributed by atoms with Crippen LogP contribution in [0.5, 0.6) is 0 Å². The summed E-state index contributed by atoms with van der Waals surface area (Å²) in [5.41, 5.74) is 3.44. The molecule has 1 saturated heterocycles.